The van der Waals surface area contributed by atoms with Crippen molar-refractivity contribution in [3.8, 4) is 0 Å². The second kappa shape index (κ2) is 43.1. The van der Waals surface area contributed by atoms with Gasteiger partial charge in [0.15, 0.2) is 0 Å². The summed E-state index contributed by atoms with van der Waals surface area (Å²) < 4.78 is 24.9. The smallest absolute Gasteiger partial charge is 0.407 e. The van der Waals surface area contributed by atoms with Crippen molar-refractivity contribution in [3.05, 3.63) is 126 Å². The van der Waals surface area contributed by atoms with Crippen molar-refractivity contribution in [1.82, 2.24) is 67.6 Å². The lowest BCUT2D eigenvalue weighted by Gasteiger charge is -2.39. The van der Waals surface area contributed by atoms with E-state index in [0.29, 0.717) is 37.9 Å². The van der Waals surface area contributed by atoms with Crippen molar-refractivity contribution in [2.45, 2.75) is 278 Å². The third kappa shape index (κ3) is 29.9. The number of alkyl carbamates (subject to hydrolysis) is 1. The number of amides is 10. The number of carbonyl (C=O) groups is 12. The number of ether oxygens (including phenoxy) is 4. The number of rotatable bonds is 41. The molecule has 10 amide bonds. The van der Waals surface area contributed by atoms with Crippen molar-refractivity contribution in [2.75, 3.05) is 33.4 Å². The van der Waals surface area contributed by atoms with Crippen LogP contribution in [0.1, 0.15) is 205 Å². The highest BCUT2D eigenvalue weighted by molar-refractivity contribution is 5.99. The molecule has 1 saturated heterocycles. The van der Waals surface area contributed by atoms with Gasteiger partial charge in [0.25, 0.3) is 0 Å². The van der Waals surface area contributed by atoms with E-state index in [0.717, 1.165) is 16.7 Å². The summed E-state index contributed by atoms with van der Waals surface area (Å²) in [5, 5.41) is 38.0. The summed E-state index contributed by atoms with van der Waals surface area (Å²) in [5.41, 5.74) is -1.88. The van der Waals surface area contributed by atoms with Gasteiger partial charge in [-0.3, -0.25) is 47.9 Å². The molecule has 3 aromatic carbocycles. The molecule has 1 fully saturated rings. The van der Waals surface area contributed by atoms with Crippen LogP contribution in [0.25, 0.3) is 0 Å². The Labute approximate surface area is 672 Å². The molecule has 1 aromatic heterocycles. The molecule has 1 aliphatic heterocycles. The summed E-state index contributed by atoms with van der Waals surface area (Å²) in [5.74, 6) is -10.2. The second-order valence-corrected chi connectivity index (χ2v) is 34.2. The number of likely N-dealkylation sites (N-methyl/N-ethyl adjacent to an activating group) is 1. The number of carbonyl (C=O) groups excluding carboxylic acids is 11. The van der Waals surface area contributed by atoms with Gasteiger partial charge in [-0.25, -0.2) is 14.6 Å². The fourth-order valence-corrected chi connectivity index (χ4v) is 13.1. The van der Waals surface area contributed by atoms with Gasteiger partial charge in [0.1, 0.15) is 71.1 Å². The summed E-state index contributed by atoms with van der Waals surface area (Å²) >= 11 is 0. The molecule has 630 valence electrons. The number of carboxylic acid groups (broad SMARTS) is 1. The van der Waals surface area contributed by atoms with Crippen LogP contribution < -0.4 is 53.2 Å². The van der Waals surface area contributed by atoms with E-state index in [1.54, 1.807) is 130 Å². The highest BCUT2D eigenvalue weighted by Gasteiger charge is 2.44. The molecule has 114 heavy (non-hydrogen) atoms. The molecule has 0 saturated carbocycles. The van der Waals surface area contributed by atoms with Gasteiger partial charge < -0.3 is 86.7 Å². The third-order valence-corrected chi connectivity index (χ3v) is 18.6. The lowest BCUT2D eigenvalue weighted by Crippen LogP contribution is -2.62. The maximum absolute atomic E-state index is 15.5. The lowest BCUT2D eigenvalue weighted by atomic mass is 9.76. The zero-order valence-corrected chi connectivity index (χ0v) is 70.3. The first-order valence-electron chi connectivity index (χ1n) is 39.5. The van der Waals surface area contributed by atoms with Crippen LogP contribution in [-0.2, 0) is 83.6 Å². The van der Waals surface area contributed by atoms with E-state index < -0.39 is 173 Å². The van der Waals surface area contributed by atoms with Crippen LogP contribution in [0.3, 0.4) is 0 Å². The normalized spacial score (nSPS) is 15.8. The van der Waals surface area contributed by atoms with Crippen molar-refractivity contribution in [2.24, 2.45) is 17.8 Å². The molecular weight excluding hydrogens is 1460 g/mol. The van der Waals surface area contributed by atoms with E-state index in [4.69, 9.17) is 18.9 Å². The molecule has 1 aliphatic rings. The Morgan fingerprint density at radius 1 is 0.509 bits per heavy atom. The van der Waals surface area contributed by atoms with Gasteiger partial charge in [-0.05, 0) is 176 Å². The van der Waals surface area contributed by atoms with E-state index in [1.165, 1.54) is 11.8 Å². The number of unbranched alkanes of at least 4 members (excludes halogenated alkanes) is 1. The van der Waals surface area contributed by atoms with Gasteiger partial charge in [0, 0.05) is 37.8 Å². The number of nitrogens with one attached hydrogen (secondary N) is 10. The molecule has 4 aromatic rings. The second-order valence-electron chi connectivity index (χ2n) is 34.2. The Morgan fingerprint density at radius 2 is 0.974 bits per heavy atom. The highest BCUT2D eigenvalue weighted by atomic mass is 16.6. The predicted octanol–water partition coefficient (Wildman–Crippen LogP) is 6.63. The fourth-order valence-electron chi connectivity index (χ4n) is 13.1. The Balaban J connectivity index is 1.50. The minimum Gasteiger partial charge on any atom is -0.480 e. The molecular formula is C84H127N13O17. The number of esters is 1. The summed E-state index contributed by atoms with van der Waals surface area (Å²) in [6.45, 7) is 32.1. The van der Waals surface area contributed by atoms with Crippen molar-refractivity contribution in [1.29, 1.82) is 0 Å². The number of nitrogens with zero attached hydrogens (tertiary/aromatic N) is 3. The van der Waals surface area contributed by atoms with Crippen LogP contribution >= 0.6 is 0 Å². The van der Waals surface area contributed by atoms with Gasteiger partial charge in [0.2, 0.25) is 53.2 Å². The quantitative estimate of drug-likeness (QED) is 0.0126. The number of imidazole rings is 1. The van der Waals surface area contributed by atoms with Crippen molar-refractivity contribution in [3.63, 3.8) is 0 Å². The molecule has 5 rings (SSSR count). The molecule has 0 bridgehead atoms. The first kappa shape index (κ1) is 94.8. The van der Waals surface area contributed by atoms with Gasteiger partial charge in [-0.1, -0.05) is 133 Å². The zero-order chi connectivity index (χ0) is 85.2. The topological polar surface area (TPSA) is 403 Å². The number of aromatic nitrogens is 2. The van der Waals surface area contributed by atoms with E-state index >= 15 is 9.59 Å². The molecule has 11 N–H and O–H groups in total. The number of benzene rings is 3. The van der Waals surface area contributed by atoms with Crippen LogP contribution in [0.4, 0.5) is 4.79 Å². The average Bonchev–Trinajstić information content (AvgIpc) is 1.21. The third-order valence-electron chi connectivity index (χ3n) is 18.6. The van der Waals surface area contributed by atoms with Crippen LogP contribution in [-0.4, -0.2) is 207 Å². The first-order valence-corrected chi connectivity index (χ1v) is 39.5. The van der Waals surface area contributed by atoms with Gasteiger partial charge in [0.05, 0.1) is 36.8 Å². The summed E-state index contributed by atoms with van der Waals surface area (Å²) in [6, 6.07) is 15.4. The van der Waals surface area contributed by atoms with Crippen molar-refractivity contribution < 1.29 is 81.6 Å². The number of hydrogen-bond acceptors (Lipinski definition) is 18. The van der Waals surface area contributed by atoms with Gasteiger partial charge >= 0.3 is 18.0 Å². The molecule has 10 atom stereocenters. The van der Waals surface area contributed by atoms with E-state index in [1.807, 2.05) is 109 Å². The van der Waals surface area contributed by atoms with E-state index in [2.05, 4.69) is 58.2 Å². The molecule has 2 heterocycles. The Hall–Kier alpha value is -9.81. The lowest BCUT2D eigenvalue weighted by molar-refractivity contribution is -0.155. The van der Waals surface area contributed by atoms with Crippen LogP contribution in [0.15, 0.2) is 104 Å². The average molecular weight is 1590 g/mol. The molecule has 30 nitrogen and oxygen atoms in total. The monoisotopic (exact) mass is 1590 g/mol. The van der Waals surface area contributed by atoms with Crippen molar-refractivity contribution >= 4 is 71.2 Å². The number of likely N-dealkylation sites (tertiary alicyclic amines) is 1. The number of carboxylic acids is 1. The minimum atomic E-state index is -1.63. The minimum absolute atomic E-state index is 0.0269. The predicted molar refractivity (Wildman–Crippen MR) is 431 cm³/mol. The van der Waals surface area contributed by atoms with Crippen LogP contribution in [0, 0.1) is 17.8 Å². The number of hydrogen-bond donors (Lipinski definition) is 11. The maximum Gasteiger partial charge on any atom is 0.407 e. The van der Waals surface area contributed by atoms with E-state index in [9.17, 15) is 53.1 Å². The summed E-state index contributed by atoms with van der Waals surface area (Å²) in [6.07, 6.45) is 3.04. The first-order chi connectivity index (χ1) is 53.2. The molecule has 0 radical (unpaired) electrons. The highest BCUT2D eigenvalue weighted by Crippen LogP contribution is 2.42. The van der Waals surface area contributed by atoms with Crippen LogP contribution in [0.2, 0.25) is 0 Å². The van der Waals surface area contributed by atoms with Gasteiger partial charge in [-0.15, -0.1) is 0 Å². The zero-order valence-electron chi connectivity index (χ0n) is 70.3. The van der Waals surface area contributed by atoms with Crippen LogP contribution in [0.5, 0.6) is 0 Å². The Morgan fingerprint density at radius 3 is 1.46 bits per heavy atom. The molecule has 0 aliphatic carbocycles. The molecule has 0 spiro atoms. The summed E-state index contributed by atoms with van der Waals surface area (Å²) in [4.78, 5) is 177. The van der Waals surface area contributed by atoms with Gasteiger partial charge in [-0.2, -0.15) is 0 Å². The Bertz CT molecular complexity index is 3750. The summed E-state index contributed by atoms with van der Waals surface area (Å²) in [7, 11) is 1.67. The maximum atomic E-state index is 15.5. The standard InChI is InChI=1S/C84H127N13O17/c1-51(2)45-61(71(101)90-60(78(108)109)41-42-66(98)113-82(14,15)16)91-72(102)62(46-58-47-86-50-97(58)84(55-33-24-21-25-34-55,56-35-26-22-27-36-56)57-37-28-23-29-38-57)92-74(104)64(49-112-81(11,12)13)93-69(99)54(7)88-73(103)63(48-111-80(8,9)10)94-76(106)67(52(3)4)95-70(100)59(39-30-31-43-87-79(110)114-83(17,18)19)89-75(105)65-40-32-44-96(65)77(107)68(85-20)53(5)6/h21-29,33-38,47,50-54,59-65,67-68,85H,30-32,39-46,48-49H2,1-20H3,(H,87,110)(H,88,103)(H,89,105)(H,90,101)(H,91,102)(H,92,104)(H,93,99)(H,94,106)(H,95,100)(H,108,109)/t54-,59-,60-,61-,62-,63-,64-,65-,67-,68-/m0/s1. The Kier molecular flexibility index (Phi) is 35.8. The SMILES string of the molecule is CN[C@H](C(=O)N1CCC[C@H]1C(=O)N[C@@H](CCCCNC(=O)OC(C)(C)C)C(=O)N[C@H](C(=O)N[C@@H](COC(C)(C)C)C(=O)N[C@@H](C)C(=O)N[C@@H](COC(C)(C)C)C(=O)N[C@@H](Cc1cncn1C(c1ccccc1)(c1ccccc1)c1ccccc1)C(=O)N[C@@H](CC(C)C)C(=O)N[C@@H](CCC(=O)OC(C)(C)C)C(=O)O)C(C)C)C(C)C. The molecule has 30 heteroatoms. The molecule has 0 unspecified atom stereocenters. The van der Waals surface area contributed by atoms with E-state index in [-0.39, 0.29) is 56.4 Å². The largest absolute Gasteiger partial charge is 0.480 e. The fraction of sp³-hybridized carbons (Fsp3) is 0.607. The number of aliphatic carboxylic acids is 1.